The molecule has 9 heteroatoms. The molecule has 0 saturated heterocycles. The minimum atomic E-state index is -3.66. The Hall–Kier alpha value is -1.97. The minimum absolute atomic E-state index is 0.128. The van der Waals surface area contributed by atoms with E-state index >= 15 is 0 Å². The molecule has 2 rings (SSSR count). The van der Waals surface area contributed by atoms with Crippen LogP contribution in [-0.4, -0.2) is 21.4 Å². The third-order valence-corrected chi connectivity index (χ3v) is 5.47. The molecule has 1 aromatic carbocycles. The number of nitrogens with two attached hydrogens (primary N) is 1. The first kappa shape index (κ1) is 17.4. The standard InChI is InChI=1S/C14H17FN4O2S2/c1-17-14(18-8-10-2-4-11(15)5-3-10)19-9-12-6-7-13(22-12)23(16,20)21/h2-7H,8-9H2,1H3,(H2,16,20,21)(H2,17,18,19). The molecule has 4 N–H and O–H groups in total. The molecule has 0 radical (unpaired) electrons. The molecule has 0 aliphatic heterocycles. The van der Waals surface area contributed by atoms with Gasteiger partial charge in [0.2, 0.25) is 10.0 Å². The average Bonchev–Trinajstić information content (AvgIpc) is 2.98. The number of nitrogens with zero attached hydrogens (tertiary/aromatic N) is 1. The molecular weight excluding hydrogens is 339 g/mol. The lowest BCUT2D eigenvalue weighted by molar-refractivity contribution is 0.600. The van der Waals surface area contributed by atoms with Crippen LogP contribution in [0.1, 0.15) is 10.4 Å². The van der Waals surface area contributed by atoms with Gasteiger partial charge in [-0.3, -0.25) is 4.99 Å². The van der Waals surface area contributed by atoms with Gasteiger partial charge >= 0.3 is 0 Å². The first-order valence-electron chi connectivity index (χ1n) is 6.69. The van der Waals surface area contributed by atoms with Crippen molar-refractivity contribution in [3.63, 3.8) is 0 Å². The number of hydrogen-bond donors (Lipinski definition) is 3. The monoisotopic (exact) mass is 356 g/mol. The number of guanidine groups is 1. The number of benzene rings is 1. The molecule has 6 nitrogen and oxygen atoms in total. The molecule has 0 saturated carbocycles. The summed E-state index contributed by atoms with van der Waals surface area (Å²) < 4.78 is 35.4. The normalized spacial score (nSPS) is 12.2. The van der Waals surface area contributed by atoms with E-state index in [-0.39, 0.29) is 10.0 Å². The van der Waals surface area contributed by atoms with Gasteiger partial charge in [-0.15, -0.1) is 11.3 Å². The lowest BCUT2D eigenvalue weighted by Gasteiger charge is -2.11. The Labute approximate surface area is 138 Å². The van der Waals surface area contributed by atoms with Gasteiger partial charge in [0.1, 0.15) is 10.0 Å². The second kappa shape index (κ2) is 7.53. The van der Waals surface area contributed by atoms with E-state index in [0.29, 0.717) is 19.0 Å². The molecule has 0 aliphatic rings. The second-order valence-electron chi connectivity index (χ2n) is 4.67. The van der Waals surface area contributed by atoms with Crippen LogP contribution in [0.5, 0.6) is 0 Å². The van der Waals surface area contributed by atoms with E-state index in [0.717, 1.165) is 21.8 Å². The predicted molar refractivity (Wildman–Crippen MR) is 89.1 cm³/mol. The maximum absolute atomic E-state index is 12.8. The summed E-state index contributed by atoms with van der Waals surface area (Å²) in [5.74, 6) is 0.277. The van der Waals surface area contributed by atoms with Gasteiger partial charge in [0.25, 0.3) is 0 Å². The third-order valence-electron chi connectivity index (χ3n) is 2.94. The SMILES string of the molecule is CN=C(NCc1ccc(F)cc1)NCc1ccc(S(N)(=O)=O)s1. The number of aliphatic imine (C=N–C) groups is 1. The van der Waals surface area contributed by atoms with Crippen LogP contribution in [0, 0.1) is 5.82 Å². The van der Waals surface area contributed by atoms with Crippen LogP contribution in [0.25, 0.3) is 0 Å². The Morgan fingerprint density at radius 1 is 1.17 bits per heavy atom. The largest absolute Gasteiger partial charge is 0.352 e. The van der Waals surface area contributed by atoms with Crippen LogP contribution in [0.15, 0.2) is 45.6 Å². The molecular formula is C14H17FN4O2S2. The van der Waals surface area contributed by atoms with Crippen LogP contribution in [0.2, 0.25) is 0 Å². The van der Waals surface area contributed by atoms with Crippen molar-refractivity contribution in [1.82, 2.24) is 10.6 Å². The molecule has 0 fully saturated rings. The lowest BCUT2D eigenvalue weighted by atomic mass is 10.2. The van der Waals surface area contributed by atoms with Crippen molar-refractivity contribution in [1.29, 1.82) is 0 Å². The summed E-state index contributed by atoms with van der Waals surface area (Å²) in [6.07, 6.45) is 0. The number of primary sulfonamides is 1. The molecule has 0 aliphatic carbocycles. The van der Waals surface area contributed by atoms with Gasteiger partial charge in [-0.25, -0.2) is 17.9 Å². The summed E-state index contributed by atoms with van der Waals surface area (Å²) in [5, 5.41) is 11.2. The molecule has 0 unspecified atom stereocenters. The van der Waals surface area contributed by atoms with Crippen LogP contribution in [0.4, 0.5) is 4.39 Å². The number of nitrogens with one attached hydrogen (secondary N) is 2. The third kappa shape index (κ3) is 5.31. The first-order chi connectivity index (χ1) is 10.9. The highest BCUT2D eigenvalue weighted by Crippen LogP contribution is 2.19. The molecule has 1 heterocycles. The molecule has 0 spiro atoms. The average molecular weight is 356 g/mol. The molecule has 124 valence electrons. The number of sulfonamides is 1. The van der Waals surface area contributed by atoms with Crippen LogP contribution < -0.4 is 15.8 Å². The number of halogens is 1. The highest BCUT2D eigenvalue weighted by molar-refractivity contribution is 7.91. The summed E-state index contributed by atoms with van der Waals surface area (Å²) in [5.41, 5.74) is 0.919. The summed E-state index contributed by atoms with van der Waals surface area (Å²) in [4.78, 5) is 4.89. The van der Waals surface area contributed by atoms with E-state index in [1.54, 1.807) is 25.2 Å². The number of thiophene rings is 1. The van der Waals surface area contributed by atoms with Gasteiger partial charge in [-0.05, 0) is 29.8 Å². The van der Waals surface area contributed by atoms with Crippen molar-refractivity contribution < 1.29 is 12.8 Å². The fraction of sp³-hybridized carbons (Fsp3) is 0.214. The lowest BCUT2D eigenvalue weighted by Crippen LogP contribution is -2.36. The Kier molecular flexibility index (Phi) is 5.69. The summed E-state index contributed by atoms with van der Waals surface area (Å²) >= 11 is 1.11. The summed E-state index contributed by atoms with van der Waals surface area (Å²) in [6.45, 7) is 0.913. The Morgan fingerprint density at radius 3 is 2.39 bits per heavy atom. The van der Waals surface area contributed by atoms with Crippen molar-refractivity contribution in [3.8, 4) is 0 Å². The predicted octanol–water partition coefficient (Wildman–Crippen LogP) is 1.40. The van der Waals surface area contributed by atoms with Crippen LogP contribution in [-0.2, 0) is 23.1 Å². The van der Waals surface area contributed by atoms with E-state index in [4.69, 9.17) is 5.14 Å². The topological polar surface area (TPSA) is 96.6 Å². The zero-order valence-electron chi connectivity index (χ0n) is 12.4. The number of rotatable bonds is 5. The maximum atomic E-state index is 12.8. The van der Waals surface area contributed by atoms with Crippen molar-refractivity contribution in [3.05, 3.63) is 52.7 Å². The van der Waals surface area contributed by atoms with Gasteiger partial charge < -0.3 is 10.6 Å². The van der Waals surface area contributed by atoms with E-state index in [1.807, 2.05) is 0 Å². The summed E-state index contributed by atoms with van der Waals surface area (Å²) in [6, 6.07) is 9.35. The van der Waals surface area contributed by atoms with Gasteiger partial charge in [0.15, 0.2) is 5.96 Å². The van der Waals surface area contributed by atoms with Crippen LogP contribution in [0.3, 0.4) is 0 Å². The highest BCUT2D eigenvalue weighted by atomic mass is 32.2. The highest BCUT2D eigenvalue weighted by Gasteiger charge is 2.11. The molecule has 0 amide bonds. The quantitative estimate of drug-likeness (QED) is 0.557. The number of hydrogen-bond acceptors (Lipinski definition) is 4. The zero-order chi connectivity index (χ0) is 16.9. The Bertz CT molecular complexity index is 785. The molecule has 1 aromatic heterocycles. The van der Waals surface area contributed by atoms with Gasteiger partial charge in [0, 0.05) is 18.5 Å². The van der Waals surface area contributed by atoms with E-state index in [9.17, 15) is 12.8 Å². The van der Waals surface area contributed by atoms with E-state index in [2.05, 4.69) is 15.6 Å². The molecule has 0 bridgehead atoms. The smallest absolute Gasteiger partial charge is 0.247 e. The molecule has 2 aromatic rings. The Balaban J connectivity index is 1.88. The summed E-state index contributed by atoms with van der Waals surface area (Å²) in [7, 11) is -2.03. The van der Waals surface area contributed by atoms with E-state index in [1.165, 1.54) is 18.2 Å². The van der Waals surface area contributed by atoms with Gasteiger partial charge in [-0.1, -0.05) is 12.1 Å². The van der Waals surface area contributed by atoms with Crippen LogP contribution >= 0.6 is 11.3 Å². The van der Waals surface area contributed by atoms with E-state index < -0.39 is 10.0 Å². The van der Waals surface area contributed by atoms with Crippen molar-refractivity contribution in [2.24, 2.45) is 10.1 Å². The first-order valence-corrected chi connectivity index (χ1v) is 9.05. The maximum Gasteiger partial charge on any atom is 0.247 e. The van der Waals surface area contributed by atoms with Gasteiger partial charge in [-0.2, -0.15) is 0 Å². The van der Waals surface area contributed by atoms with Gasteiger partial charge in [0.05, 0.1) is 6.54 Å². The van der Waals surface area contributed by atoms with Crippen molar-refractivity contribution >= 4 is 27.3 Å². The fourth-order valence-electron chi connectivity index (χ4n) is 1.79. The zero-order valence-corrected chi connectivity index (χ0v) is 14.0. The molecule has 23 heavy (non-hydrogen) atoms. The minimum Gasteiger partial charge on any atom is -0.352 e. The fourth-order valence-corrected chi connectivity index (χ4v) is 3.50. The molecule has 0 atom stereocenters. The Morgan fingerprint density at radius 2 is 1.83 bits per heavy atom. The van der Waals surface area contributed by atoms with Crippen molar-refractivity contribution in [2.45, 2.75) is 17.3 Å². The van der Waals surface area contributed by atoms with Crippen molar-refractivity contribution in [2.75, 3.05) is 7.05 Å². The second-order valence-corrected chi connectivity index (χ2v) is 7.63.